The van der Waals surface area contributed by atoms with Crippen LogP contribution in [0.2, 0.25) is 0 Å². The molecule has 0 aliphatic heterocycles. The summed E-state index contributed by atoms with van der Waals surface area (Å²) in [5.74, 6) is -42.2. The van der Waals surface area contributed by atoms with Crippen molar-refractivity contribution >= 4 is 10.1 Å². The Labute approximate surface area is 189 Å². The van der Waals surface area contributed by atoms with E-state index in [1.165, 1.54) is 30.7 Å². The van der Waals surface area contributed by atoms with Crippen molar-refractivity contribution in [2.24, 2.45) is 0 Å². The van der Waals surface area contributed by atoms with Crippen LogP contribution in [0.3, 0.4) is 0 Å². The molecule has 0 fully saturated rings. The standard InChI is InChI=1S/C8H20N.C7HF15O3S/c1-5-9(6-2,7-3)8-4;8-1(9,2(10,11)4(14,15)6(18,19)20)3(12,13)5(16,17)7(21,22)26(23,24)25/h5-8H2,1-4H3;(H,23,24,25)/q+1;/p-1. The molecule has 0 rings (SSSR count). The van der Waals surface area contributed by atoms with Crippen LogP contribution >= 0.6 is 0 Å². The second-order valence-electron chi connectivity index (χ2n) is 6.95. The molecular formula is C15H20F15NO3S. The van der Waals surface area contributed by atoms with Crippen LogP contribution in [-0.4, -0.2) is 84.7 Å². The third kappa shape index (κ3) is 5.72. The van der Waals surface area contributed by atoms with E-state index in [-0.39, 0.29) is 0 Å². The summed E-state index contributed by atoms with van der Waals surface area (Å²) in [4.78, 5) is 0. The third-order valence-electron chi connectivity index (χ3n) is 5.30. The zero-order valence-corrected chi connectivity index (χ0v) is 18.9. The predicted octanol–water partition coefficient (Wildman–Crippen LogP) is 5.75. The van der Waals surface area contributed by atoms with Crippen molar-refractivity contribution in [3.05, 3.63) is 0 Å². The Kier molecular flexibility index (Phi) is 10.6. The number of halogens is 15. The molecule has 20 heteroatoms. The Morgan fingerprint density at radius 1 is 0.514 bits per heavy atom. The molecule has 0 heterocycles. The van der Waals surface area contributed by atoms with Crippen LogP contribution < -0.4 is 0 Å². The van der Waals surface area contributed by atoms with Crippen molar-refractivity contribution < 1.29 is 83.3 Å². The normalized spacial score (nSPS) is 15.5. The van der Waals surface area contributed by atoms with Gasteiger partial charge in [-0.3, -0.25) is 0 Å². The largest absolute Gasteiger partial charge is 0.743 e. The summed E-state index contributed by atoms with van der Waals surface area (Å²) in [6.45, 7) is 14.2. The van der Waals surface area contributed by atoms with Crippen molar-refractivity contribution in [1.29, 1.82) is 0 Å². The molecule has 0 N–H and O–H groups in total. The van der Waals surface area contributed by atoms with Crippen molar-refractivity contribution in [1.82, 2.24) is 0 Å². The average molecular weight is 579 g/mol. The van der Waals surface area contributed by atoms with Gasteiger partial charge in [-0.15, -0.1) is 0 Å². The highest BCUT2D eigenvalue weighted by Gasteiger charge is 2.94. The summed E-state index contributed by atoms with van der Waals surface area (Å²) < 4.78 is 218. The van der Waals surface area contributed by atoms with Gasteiger partial charge >= 0.3 is 41.0 Å². The van der Waals surface area contributed by atoms with Gasteiger partial charge in [0.25, 0.3) is 0 Å². The average Bonchev–Trinajstić information content (AvgIpc) is 2.68. The second-order valence-corrected chi connectivity index (χ2v) is 8.37. The second kappa shape index (κ2) is 10.3. The lowest BCUT2D eigenvalue weighted by Gasteiger charge is -2.41. The molecule has 214 valence electrons. The number of nitrogens with zero attached hydrogens (tertiary/aromatic N) is 1. The van der Waals surface area contributed by atoms with Crippen molar-refractivity contribution in [3.8, 4) is 0 Å². The van der Waals surface area contributed by atoms with Crippen molar-refractivity contribution in [2.75, 3.05) is 26.2 Å². The number of quaternary nitrogens is 1. The topological polar surface area (TPSA) is 57.2 Å². The van der Waals surface area contributed by atoms with Gasteiger partial charge in [0.2, 0.25) is 0 Å². The van der Waals surface area contributed by atoms with Crippen LogP contribution in [0, 0.1) is 0 Å². The first-order valence-electron chi connectivity index (χ1n) is 9.13. The Balaban J connectivity index is 0. The summed E-state index contributed by atoms with van der Waals surface area (Å²) in [5.41, 5.74) is 0. The molecule has 0 aliphatic carbocycles. The van der Waals surface area contributed by atoms with E-state index in [0.29, 0.717) is 0 Å². The fourth-order valence-electron chi connectivity index (χ4n) is 2.45. The first-order valence-corrected chi connectivity index (χ1v) is 10.5. The molecule has 35 heavy (non-hydrogen) atoms. The lowest BCUT2D eigenvalue weighted by atomic mass is 9.94. The number of hydrogen-bond acceptors (Lipinski definition) is 3. The van der Waals surface area contributed by atoms with E-state index in [1.807, 2.05) is 0 Å². The van der Waals surface area contributed by atoms with Crippen LogP contribution in [0.4, 0.5) is 65.9 Å². The number of hydrogen-bond donors (Lipinski definition) is 0. The van der Waals surface area contributed by atoms with Gasteiger partial charge in [0.15, 0.2) is 10.1 Å². The molecule has 4 nitrogen and oxygen atoms in total. The molecule has 0 bridgehead atoms. The van der Waals surface area contributed by atoms with E-state index in [2.05, 4.69) is 27.7 Å². The van der Waals surface area contributed by atoms with Gasteiger partial charge in [0.1, 0.15) is 0 Å². The van der Waals surface area contributed by atoms with E-state index in [9.17, 15) is 78.8 Å². The molecule has 0 radical (unpaired) electrons. The molecule has 0 aromatic heterocycles. The van der Waals surface area contributed by atoms with E-state index < -0.39 is 51.2 Å². The Bertz CT molecular complexity index is 787. The molecular weight excluding hydrogens is 559 g/mol. The third-order valence-corrected chi connectivity index (χ3v) is 6.18. The lowest BCUT2D eigenvalue weighted by Crippen LogP contribution is -2.73. The minimum atomic E-state index is -8.63. The van der Waals surface area contributed by atoms with Crippen LogP contribution in [0.1, 0.15) is 27.7 Å². The molecule has 0 amide bonds. The molecule has 0 atom stereocenters. The maximum Gasteiger partial charge on any atom is 0.460 e. The number of alkyl halides is 15. The maximum atomic E-state index is 12.9. The zero-order chi connectivity index (χ0) is 29.3. The van der Waals surface area contributed by atoms with Crippen molar-refractivity contribution in [2.45, 2.75) is 68.7 Å². The Hall–Kier alpha value is -1.18. The van der Waals surface area contributed by atoms with E-state index in [1.54, 1.807) is 0 Å². The van der Waals surface area contributed by atoms with Crippen LogP contribution in [0.5, 0.6) is 0 Å². The smallest absolute Gasteiger partial charge is 0.460 e. The van der Waals surface area contributed by atoms with Crippen LogP contribution in [0.25, 0.3) is 0 Å². The zero-order valence-electron chi connectivity index (χ0n) is 18.1. The van der Waals surface area contributed by atoms with E-state index in [4.69, 9.17) is 0 Å². The molecule has 0 aliphatic rings. The summed E-state index contributed by atoms with van der Waals surface area (Å²) >= 11 is 0. The Morgan fingerprint density at radius 3 is 0.914 bits per heavy atom. The fourth-order valence-corrected chi connectivity index (χ4v) is 2.89. The van der Waals surface area contributed by atoms with Crippen LogP contribution in [0.15, 0.2) is 0 Å². The SMILES string of the molecule is CC[N+](CC)(CC)CC.O=S(=O)([O-])C(F)(F)C(F)(F)C(F)(F)C(F)(F)C(F)(F)C(F)(F)C(F)(F)F. The maximum absolute atomic E-state index is 12.9. The van der Waals surface area contributed by atoms with Gasteiger partial charge in [-0.1, -0.05) is 0 Å². The quantitative estimate of drug-likeness (QED) is 0.188. The highest BCUT2D eigenvalue weighted by molar-refractivity contribution is 7.86. The Morgan fingerprint density at radius 2 is 0.743 bits per heavy atom. The van der Waals surface area contributed by atoms with E-state index in [0.717, 1.165) is 0 Å². The van der Waals surface area contributed by atoms with Gasteiger partial charge in [-0.05, 0) is 27.7 Å². The molecule has 0 saturated heterocycles. The van der Waals surface area contributed by atoms with Gasteiger partial charge in [-0.25, -0.2) is 8.42 Å². The van der Waals surface area contributed by atoms with Crippen molar-refractivity contribution in [3.63, 3.8) is 0 Å². The van der Waals surface area contributed by atoms with Crippen LogP contribution in [-0.2, 0) is 10.1 Å². The minimum Gasteiger partial charge on any atom is -0.743 e. The molecule has 0 spiro atoms. The summed E-state index contributed by atoms with van der Waals surface area (Å²) in [7, 11) is -8.01. The summed E-state index contributed by atoms with van der Waals surface area (Å²) in [6.07, 6.45) is -7.77. The lowest BCUT2D eigenvalue weighted by molar-refractivity contribution is -0.921. The number of rotatable bonds is 10. The first-order chi connectivity index (χ1) is 15.0. The first kappa shape index (κ1) is 36.0. The molecule has 0 unspecified atom stereocenters. The van der Waals surface area contributed by atoms with Gasteiger partial charge < -0.3 is 9.04 Å². The molecule has 0 aromatic rings. The van der Waals surface area contributed by atoms with Gasteiger partial charge in [-0.2, -0.15) is 65.9 Å². The molecule has 0 aromatic carbocycles. The van der Waals surface area contributed by atoms with Gasteiger partial charge in [0, 0.05) is 0 Å². The predicted molar refractivity (Wildman–Crippen MR) is 87.9 cm³/mol. The monoisotopic (exact) mass is 579 g/mol. The summed E-state index contributed by atoms with van der Waals surface area (Å²) in [5, 5.41) is -7.81. The van der Waals surface area contributed by atoms with E-state index >= 15 is 0 Å². The summed E-state index contributed by atoms with van der Waals surface area (Å²) in [6, 6.07) is 0. The fraction of sp³-hybridized carbons (Fsp3) is 1.00. The molecule has 0 saturated carbocycles. The van der Waals surface area contributed by atoms with Gasteiger partial charge in [0.05, 0.1) is 26.2 Å². The highest BCUT2D eigenvalue weighted by Crippen LogP contribution is 2.62. The highest BCUT2D eigenvalue weighted by atomic mass is 32.2. The minimum absolute atomic E-state index is 1.28.